The molecule has 62 valence electrons. The molecule has 0 aromatic rings. The summed E-state index contributed by atoms with van der Waals surface area (Å²) in [5.74, 6) is 0.703. The smallest absolute Gasteiger partial charge is 0.234 e. The van der Waals surface area contributed by atoms with Gasteiger partial charge in [0, 0.05) is 0 Å². The highest BCUT2D eigenvalue weighted by atomic mass is 16.2. The zero-order valence-corrected chi connectivity index (χ0v) is 6.87. The van der Waals surface area contributed by atoms with Gasteiger partial charge in [-0.25, -0.2) is 4.99 Å². The lowest BCUT2D eigenvalue weighted by Crippen LogP contribution is -2.39. The molecule has 3 nitrogen and oxygen atoms in total. The monoisotopic (exact) mass is 162 g/mol. The fourth-order valence-electron chi connectivity index (χ4n) is 1.46. The number of amides is 1. The van der Waals surface area contributed by atoms with E-state index in [1.807, 2.05) is 18.2 Å². The van der Waals surface area contributed by atoms with Gasteiger partial charge in [0.25, 0.3) is 0 Å². The molecule has 0 radical (unpaired) electrons. The molecule has 0 spiro atoms. The van der Waals surface area contributed by atoms with Crippen LogP contribution in [0.1, 0.15) is 13.3 Å². The number of carbonyl (C=O) groups excluding carboxylic acids is 1. The molecular weight excluding hydrogens is 152 g/mol. The van der Waals surface area contributed by atoms with E-state index in [-0.39, 0.29) is 11.8 Å². The van der Waals surface area contributed by atoms with E-state index in [0.717, 1.165) is 12.1 Å². The van der Waals surface area contributed by atoms with Crippen molar-refractivity contribution in [2.45, 2.75) is 13.3 Å². The number of hydrogen-bond donors (Lipinski definition) is 1. The van der Waals surface area contributed by atoms with Crippen molar-refractivity contribution in [2.75, 3.05) is 0 Å². The Bertz CT molecular complexity index is 310. The minimum Gasteiger partial charge on any atom is -0.314 e. The number of rotatable bonds is 0. The highest BCUT2D eigenvalue weighted by Gasteiger charge is 2.26. The maximum atomic E-state index is 11.4. The molecule has 3 heteroatoms. The molecular formula is C9H10N2O. The Hall–Kier alpha value is -1.38. The zero-order chi connectivity index (χ0) is 8.55. The first-order valence-electron chi connectivity index (χ1n) is 4.00. The largest absolute Gasteiger partial charge is 0.314 e. The molecule has 2 aliphatic rings. The summed E-state index contributed by atoms with van der Waals surface area (Å²) >= 11 is 0. The van der Waals surface area contributed by atoms with Crippen LogP contribution < -0.4 is 5.32 Å². The number of aliphatic imine (C=N–C) groups is 1. The molecule has 1 aliphatic heterocycles. The minimum atomic E-state index is -0.0568. The lowest BCUT2D eigenvalue weighted by atomic mass is 9.95. The van der Waals surface area contributed by atoms with Crippen molar-refractivity contribution in [2.24, 2.45) is 10.9 Å². The third-order valence-corrected chi connectivity index (χ3v) is 2.05. The number of amidine groups is 1. The van der Waals surface area contributed by atoms with Gasteiger partial charge in [0.2, 0.25) is 5.91 Å². The van der Waals surface area contributed by atoms with E-state index in [1.54, 1.807) is 6.92 Å². The van der Waals surface area contributed by atoms with Crippen molar-refractivity contribution in [3.63, 3.8) is 0 Å². The molecule has 0 aromatic carbocycles. The van der Waals surface area contributed by atoms with Crippen LogP contribution in [-0.2, 0) is 4.79 Å². The van der Waals surface area contributed by atoms with Crippen molar-refractivity contribution in [3.8, 4) is 0 Å². The summed E-state index contributed by atoms with van der Waals surface area (Å²) in [6.07, 6.45) is 6.61. The van der Waals surface area contributed by atoms with Crippen molar-refractivity contribution in [3.05, 3.63) is 23.9 Å². The Morgan fingerprint density at radius 1 is 1.67 bits per heavy atom. The lowest BCUT2D eigenvalue weighted by Gasteiger charge is -2.22. The SMILES string of the molecule is CC1=NC2=CC=CCC2C(=O)N1. The normalized spacial score (nSPS) is 27.1. The Kier molecular flexibility index (Phi) is 1.57. The quantitative estimate of drug-likeness (QED) is 0.567. The average Bonchev–Trinajstić information content (AvgIpc) is 2.04. The maximum Gasteiger partial charge on any atom is 0.234 e. The van der Waals surface area contributed by atoms with Crippen molar-refractivity contribution in [1.82, 2.24) is 5.32 Å². The van der Waals surface area contributed by atoms with Gasteiger partial charge >= 0.3 is 0 Å². The Balaban J connectivity index is 2.39. The number of nitrogens with one attached hydrogen (secondary N) is 1. The van der Waals surface area contributed by atoms with Crippen LogP contribution in [0, 0.1) is 5.92 Å². The zero-order valence-electron chi connectivity index (χ0n) is 6.87. The second-order valence-electron chi connectivity index (χ2n) is 2.99. The Labute approximate surface area is 70.9 Å². The van der Waals surface area contributed by atoms with Crippen molar-refractivity contribution >= 4 is 11.7 Å². The standard InChI is InChI=1S/C9H10N2O/c1-6-10-8-5-3-2-4-7(8)9(12)11-6/h2-3,5,7H,4H2,1H3,(H,10,11,12). The number of nitrogens with zero attached hydrogens (tertiary/aromatic N) is 1. The minimum absolute atomic E-state index is 0.0568. The van der Waals surface area contributed by atoms with E-state index >= 15 is 0 Å². The van der Waals surface area contributed by atoms with Crippen LogP contribution in [0.5, 0.6) is 0 Å². The molecule has 1 N–H and O–H groups in total. The highest BCUT2D eigenvalue weighted by Crippen LogP contribution is 2.24. The van der Waals surface area contributed by atoms with Gasteiger partial charge in [-0.3, -0.25) is 4.79 Å². The van der Waals surface area contributed by atoms with Gasteiger partial charge < -0.3 is 5.32 Å². The van der Waals surface area contributed by atoms with E-state index in [1.165, 1.54) is 0 Å². The van der Waals surface area contributed by atoms with E-state index in [2.05, 4.69) is 10.3 Å². The fourth-order valence-corrected chi connectivity index (χ4v) is 1.46. The van der Waals surface area contributed by atoms with Gasteiger partial charge in [-0.15, -0.1) is 0 Å². The molecule has 1 unspecified atom stereocenters. The van der Waals surface area contributed by atoms with Gasteiger partial charge in [-0.05, 0) is 19.4 Å². The molecule has 0 fully saturated rings. The van der Waals surface area contributed by atoms with Crippen LogP contribution >= 0.6 is 0 Å². The number of allylic oxidation sites excluding steroid dienone is 3. The molecule has 1 atom stereocenters. The highest BCUT2D eigenvalue weighted by molar-refractivity contribution is 6.02. The molecule has 0 saturated heterocycles. The first kappa shape index (κ1) is 7.28. The summed E-state index contributed by atoms with van der Waals surface area (Å²) < 4.78 is 0. The first-order valence-corrected chi connectivity index (χ1v) is 4.00. The number of hydrogen-bond acceptors (Lipinski definition) is 2. The van der Waals surface area contributed by atoms with Crippen LogP contribution in [0.2, 0.25) is 0 Å². The van der Waals surface area contributed by atoms with E-state index in [4.69, 9.17) is 0 Å². The van der Waals surface area contributed by atoms with Gasteiger partial charge in [-0.2, -0.15) is 0 Å². The summed E-state index contributed by atoms with van der Waals surface area (Å²) in [6, 6.07) is 0. The predicted molar refractivity (Wildman–Crippen MR) is 46.6 cm³/mol. The third-order valence-electron chi connectivity index (χ3n) is 2.05. The second kappa shape index (κ2) is 2.59. The van der Waals surface area contributed by atoms with Crippen molar-refractivity contribution < 1.29 is 4.79 Å². The van der Waals surface area contributed by atoms with Gasteiger partial charge in [-0.1, -0.05) is 12.2 Å². The van der Waals surface area contributed by atoms with Crippen LogP contribution in [-0.4, -0.2) is 11.7 Å². The summed E-state index contributed by atoms with van der Waals surface area (Å²) in [5.41, 5.74) is 0.888. The Morgan fingerprint density at radius 3 is 3.33 bits per heavy atom. The van der Waals surface area contributed by atoms with Gasteiger partial charge in [0.15, 0.2) is 0 Å². The molecule has 1 amide bonds. The molecule has 2 rings (SSSR count). The number of fused-ring (bicyclic) bond motifs is 1. The second-order valence-corrected chi connectivity index (χ2v) is 2.99. The third kappa shape index (κ3) is 1.07. The summed E-state index contributed by atoms with van der Waals surface area (Å²) in [7, 11) is 0. The molecule has 0 aromatic heterocycles. The predicted octanol–water partition coefficient (Wildman–Crippen LogP) is 0.995. The summed E-state index contributed by atoms with van der Waals surface area (Å²) in [6.45, 7) is 1.80. The molecule has 12 heavy (non-hydrogen) atoms. The number of carbonyl (C=O) groups is 1. The first-order chi connectivity index (χ1) is 5.77. The summed E-state index contributed by atoms with van der Waals surface area (Å²) in [4.78, 5) is 15.6. The van der Waals surface area contributed by atoms with Crippen LogP contribution in [0.15, 0.2) is 28.9 Å². The topological polar surface area (TPSA) is 41.5 Å². The van der Waals surface area contributed by atoms with Gasteiger partial charge in [0.05, 0.1) is 11.6 Å². The van der Waals surface area contributed by atoms with E-state index in [0.29, 0.717) is 5.84 Å². The average molecular weight is 162 g/mol. The van der Waals surface area contributed by atoms with Gasteiger partial charge in [0.1, 0.15) is 5.84 Å². The van der Waals surface area contributed by atoms with Crippen molar-refractivity contribution in [1.29, 1.82) is 0 Å². The molecule has 0 bridgehead atoms. The fraction of sp³-hybridized carbons (Fsp3) is 0.333. The van der Waals surface area contributed by atoms with Crippen LogP contribution in [0.3, 0.4) is 0 Å². The molecule has 1 heterocycles. The molecule has 1 aliphatic carbocycles. The van der Waals surface area contributed by atoms with Crippen LogP contribution in [0.25, 0.3) is 0 Å². The molecule has 0 saturated carbocycles. The maximum absolute atomic E-state index is 11.4. The Morgan fingerprint density at radius 2 is 2.50 bits per heavy atom. The van der Waals surface area contributed by atoms with E-state index in [9.17, 15) is 4.79 Å². The van der Waals surface area contributed by atoms with Crippen LogP contribution in [0.4, 0.5) is 0 Å². The van der Waals surface area contributed by atoms with E-state index < -0.39 is 0 Å². The summed E-state index contributed by atoms with van der Waals surface area (Å²) in [5, 5.41) is 2.71. The lowest BCUT2D eigenvalue weighted by molar-refractivity contribution is -0.122.